The van der Waals surface area contributed by atoms with Crippen LogP contribution in [0.15, 0.2) is 0 Å². The van der Waals surface area contributed by atoms with E-state index < -0.39 is 0 Å². The van der Waals surface area contributed by atoms with Crippen molar-refractivity contribution in [3.63, 3.8) is 0 Å². The minimum Gasteiger partial charge on any atom is -0.317 e. The fourth-order valence-corrected chi connectivity index (χ4v) is 1.43. The largest absolute Gasteiger partial charge is 0.317 e. The number of hydrogen-bond acceptors (Lipinski definition) is 3. The Morgan fingerprint density at radius 1 is 0.667 bits per heavy atom. The molecule has 0 bridgehead atoms. The summed E-state index contributed by atoms with van der Waals surface area (Å²) in [5.41, 5.74) is 0. The second-order valence-electron chi connectivity index (χ2n) is 3.78. The van der Waals surface area contributed by atoms with E-state index in [0.29, 0.717) is 12.8 Å². The molecule has 0 aliphatic heterocycles. The first kappa shape index (κ1) is 14.3. The third-order valence-corrected chi connectivity index (χ3v) is 2.35. The third kappa shape index (κ3) is 13.3. The molecule has 0 spiro atoms. The third-order valence-electron chi connectivity index (χ3n) is 2.35. The predicted octanol–water partition coefficient (Wildman–Crippen LogP) is 2.09. The van der Waals surface area contributed by atoms with Gasteiger partial charge in [-0.15, -0.1) is 0 Å². The number of nitrogens with one attached hydrogen (secondary N) is 1. The average Bonchev–Trinajstić information content (AvgIpc) is 2.26. The van der Waals surface area contributed by atoms with Crippen molar-refractivity contribution in [1.29, 1.82) is 0 Å². The number of rotatable bonds is 12. The van der Waals surface area contributed by atoms with Gasteiger partial charge in [-0.1, -0.05) is 12.8 Å². The van der Waals surface area contributed by atoms with Crippen LogP contribution < -0.4 is 5.32 Å². The molecule has 0 amide bonds. The predicted molar refractivity (Wildman–Crippen MR) is 61.9 cm³/mol. The Morgan fingerprint density at radius 2 is 1.13 bits per heavy atom. The van der Waals surface area contributed by atoms with Gasteiger partial charge in [0.2, 0.25) is 0 Å². The van der Waals surface area contributed by atoms with Gasteiger partial charge in [0.15, 0.2) is 0 Å². The van der Waals surface area contributed by atoms with Crippen LogP contribution in [0.4, 0.5) is 0 Å². The zero-order valence-corrected chi connectivity index (χ0v) is 9.54. The minimum absolute atomic E-state index is 0.700. The van der Waals surface area contributed by atoms with Crippen molar-refractivity contribution < 1.29 is 9.59 Å². The van der Waals surface area contributed by atoms with E-state index >= 15 is 0 Å². The minimum atomic E-state index is 0.700. The quantitative estimate of drug-likeness (QED) is 0.399. The van der Waals surface area contributed by atoms with E-state index in [1.165, 1.54) is 0 Å². The number of aldehydes is 2. The van der Waals surface area contributed by atoms with Crippen molar-refractivity contribution in [2.75, 3.05) is 13.1 Å². The lowest BCUT2D eigenvalue weighted by Gasteiger charge is -2.03. The van der Waals surface area contributed by atoms with Gasteiger partial charge in [0.1, 0.15) is 12.6 Å². The maximum atomic E-state index is 10.0. The van der Waals surface area contributed by atoms with E-state index in [2.05, 4.69) is 5.32 Å². The van der Waals surface area contributed by atoms with Gasteiger partial charge in [-0.2, -0.15) is 0 Å². The van der Waals surface area contributed by atoms with Gasteiger partial charge in [-0.3, -0.25) is 0 Å². The Bertz CT molecular complexity index is 133. The second-order valence-corrected chi connectivity index (χ2v) is 3.78. The summed E-state index contributed by atoms with van der Waals surface area (Å²) in [6.45, 7) is 2.10. The fraction of sp³-hybridized carbons (Fsp3) is 0.833. The summed E-state index contributed by atoms with van der Waals surface area (Å²) < 4.78 is 0. The summed E-state index contributed by atoms with van der Waals surface area (Å²) in [7, 11) is 0. The molecule has 0 aromatic rings. The molecule has 3 heteroatoms. The van der Waals surface area contributed by atoms with Crippen LogP contribution in [-0.4, -0.2) is 25.7 Å². The number of carbonyl (C=O) groups is 2. The standard InChI is InChI=1S/C12H23NO2/c14-11-7-3-1-5-9-13-10-6-2-4-8-12-15/h11-13H,1-10H2. The van der Waals surface area contributed by atoms with Gasteiger partial charge < -0.3 is 14.9 Å². The van der Waals surface area contributed by atoms with Crippen LogP contribution in [-0.2, 0) is 9.59 Å². The SMILES string of the molecule is O=CCCCCCNCCCCCC=O. The van der Waals surface area contributed by atoms with Crippen LogP contribution in [0.1, 0.15) is 51.4 Å². The molecule has 0 radical (unpaired) electrons. The number of carbonyl (C=O) groups excluding carboxylic acids is 2. The van der Waals surface area contributed by atoms with Gasteiger partial charge in [0, 0.05) is 12.8 Å². The van der Waals surface area contributed by atoms with Crippen LogP contribution in [0.5, 0.6) is 0 Å². The van der Waals surface area contributed by atoms with Crippen molar-refractivity contribution in [2.24, 2.45) is 0 Å². The lowest BCUT2D eigenvalue weighted by Crippen LogP contribution is -2.16. The van der Waals surface area contributed by atoms with Crippen LogP contribution in [0.3, 0.4) is 0 Å². The van der Waals surface area contributed by atoms with E-state index in [1.807, 2.05) is 0 Å². The Balaban J connectivity index is 2.86. The molecule has 88 valence electrons. The second kappa shape index (κ2) is 13.3. The molecule has 0 unspecified atom stereocenters. The molecule has 1 N–H and O–H groups in total. The van der Waals surface area contributed by atoms with Crippen molar-refractivity contribution in [1.82, 2.24) is 5.32 Å². The molecule has 0 aromatic carbocycles. The molecule has 0 fully saturated rings. The van der Waals surface area contributed by atoms with E-state index in [9.17, 15) is 9.59 Å². The van der Waals surface area contributed by atoms with Gasteiger partial charge in [0.05, 0.1) is 0 Å². The highest BCUT2D eigenvalue weighted by atomic mass is 16.1. The molecule has 0 saturated carbocycles. The smallest absolute Gasteiger partial charge is 0.119 e. The van der Waals surface area contributed by atoms with Crippen molar-refractivity contribution in [3.05, 3.63) is 0 Å². The summed E-state index contributed by atoms with van der Waals surface area (Å²) in [5, 5.41) is 3.36. The van der Waals surface area contributed by atoms with Gasteiger partial charge in [-0.05, 0) is 38.8 Å². The molecular formula is C12H23NO2. The summed E-state index contributed by atoms with van der Waals surface area (Å²) in [6, 6.07) is 0. The molecule has 0 rings (SSSR count). The van der Waals surface area contributed by atoms with Crippen LogP contribution in [0.25, 0.3) is 0 Å². The molecule has 0 aliphatic rings. The first-order valence-electron chi connectivity index (χ1n) is 6.00. The highest BCUT2D eigenvalue weighted by Gasteiger charge is 1.91. The maximum Gasteiger partial charge on any atom is 0.119 e. The fourth-order valence-electron chi connectivity index (χ4n) is 1.43. The number of hydrogen-bond donors (Lipinski definition) is 1. The monoisotopic (exact) mass is 213 g/mol. The molecule has 0 aliphatic carbocycles. The zero-order chi connectivity index (χ0) is 11.2. The van der Waals surface area contributed by atoms with Crippen molar-refractivity contribution in [3.8, 4) is 0 Å². The first-order valence-corrected chi connectivity index (χ1v) is 6.00. The summed E-state index contributed by atoms with van der Waals surface area (Å²) >= 11 is 0. The van der Waals surface area contributed by atoms with Crippen LogP contribution >= 0.6 is 0 Å². The number of unbranched alkanes of at least 4 members (excludes halogenated alkanes) is 6. The Morgan fingerprint density at radius 3 is 1.53 bits per heavy atom. The molecule has 15 heavy (non-hydrogen) atoms. The van der Waals surface area contributed by atoms with Crippen molar-refractivity contribution >= 4 is 12.6 Å². The van der Waals surface area contributed by atoms with E-state index in [-0.39, 0.29) is 0 Å². The molecule has 0 atom stereocenters. The summed E-state index contributed by atoms with van der Waals surface area (Å²) in [5.74, 6) is 0. The lowest BCUT2D eigenvalue weighted by molar-refractivity contribution is -0.108. The Labute approximate surface area is 92.6 Å². The van der Waals surface area contributed by atoms with E-state index in [1.54, 1.807) is 0 Å². The maximum absolute atomic E-state index is 10.0. The highest BCUT2D eigenvalue weighted by molar-refractivity contribution is 5.49. The van der Waals surface area contributed by atoms with E-state index in [0.717, 1.165) is 64.2 Å². The average molecular weight is 213 g/mol. The Kier molecular flexibility index (Phi) is 12.7. The van der Waals surface area contributed by atoms with Gasteiger partial charge in [0.25, 0.3) is 0 Å². The van der Waals surface area contributed by atoms with Crippen LogP contribution in [0.2, 0.25) is 0 Å². The first-order chi connectivity index (χ1) is 7.41. The zero-order valence-electron chi connectivity index (χ0n) is 9.54. The molecule has 3 nitrogen and oxygen atoms in total. The van der Waals surface area contributed by atoms with Gasteiger partial charge in [-0.25, -0.2) is 0 Å². The molecular weight excluding hydrogens is 190 g/mol. The molecule has 0 saturated heterocycles. The summed E-state index contributed by atoms with van der Waals surface area (Å²) in [4.78, 5) is 20.0. The molecule has 0 heterocycles. The topological polar surface area (TPSA) is 46.2 Å². The lowest BCUT2D eigenvalue weighted by atomic mass is 10.2. The summed E-state index contributed by atoms with van der Waals surface area (Å²) in [6.07, 6.45) is 9.99. The van der Waals surface area contributed by atoms with E-state index in [4.69, 9.17) is 0 Å². The molecule has 0 aromatic heterocycles. The van der Waals surface area contributed by atoms with Crippen LogP contribution in [0, 0.1) is 0 Å². The Hall–Kier alpha value is -0.700. The highest BCUT2D eigenvalue weighted by Crippen LogP contribution is 1.98. The normalized spacial score (nSPS) is 10.1. The van der Waals surface area contributed by atoms with Crippen molar-refractivity contribution in [2.45, 2.75) is 51.4 Å². The van der Waals surface area contributed by atoms with Gasteiger partial charge >= 0.3 is 0 Å².